The second-order valence-corrected chi connectivity index (χ2v) is 9.27. The molecular weight excluding hydrogens is 466 g/mol. The minimum absolute atomic E-state index is 0.0233. The molecule has 3 aromatic rings. The SMILES string of the molecule is Cc1ccc(C(=O)NCc2ccc3c(c2)OCO3)c(C2CCN(C(=O)c3cccc(Cl)c3)CC2)n1. The largest absolute Gasteiger partial charge is 0.454 e. The maximum Gasteiger partial charge on any atom is 0.253 e. The molecule has 35 heavy (non-hydrogen) atoms. The Morgan fingerprint density at radius 1 is 1.06 bits per heavy atom. The van der Waals surface area contributed by atoms with Gasteiger partial charge in [0.2, 0.25) is 6.79 Å². The smallest absolute Gasteiger partial charge is 0.253 e. The van der Waals surface area contributed by atoms with Gasteiger partial charge in [-0.15, -0.1) is 0 Å². The van der Waals surface area contributed by atoms with E-state index in [1.54, 1.807) is 24.3 Å². The first kappa shape index (κ1) is 23.2. The first-order valence-corrected chi connectivity index (χ1v) is 12.0. The molecule has 0 aliphatic carbocycles. The van der Waals surface area contributed by atoms with E-state index >= 15 is 0 Å². The van der Waals surface area contributed by atoms with Crippen molar-refractivity contribution in [2.45, 2.75) is 32.2 Å². The Bertz CT molecular complexity index is 1270. The quantitative estimate of drug-likeness (QED) is 0.558. The van der Waals surface area contributed by atoms with Gasteiger partial charge >= 0.3 is 0 Å². The Balaban J connectivity index is 1.25. The molecule has 8 heteroatoms. The van der Waals surface area contributed by atoms with E-state index in [0.717, 1.165) is 29.8 Å². The highest BCUT2D eigenvalue weighted by Gasteiger charge is 2.28. The Morgan fingerprint density at radius 2 is 1.86 bits per heavy atom. The standard InChI is InChI=1S/C27H26ClN3O4/c1-17-5-7-22(26(32)29-15-18-6-8-23-24(13-18)35-16-34-23)25(30-17)19-9-11-31(12-10-19)27(33)20-3-2-4-21(28)14-20/h2-8,13-14,19H,9-12,15-16H2,1H3,(H,29,32). The fourth-order valence-corrected chi connectivity index (χ4v) is 4.76. The van der Waals surface area contributed by atoms with Gasteiger partial charge in [0.15, 0.2) is 11.5 Å². The summed E-state index contributed by atoms with van der Waals surface area (Å²) in [6.45, 7) is 3.71. The first-order chi connectivity index (χ1) is 17.0. The third kappa shape index (κ3) is 5.10. The van der Waals surface area contributed by atoms with Gasteiger partial charge in [-0.2, -0.15) is 0 Å². The number of aryl methyl sites for hydroxylation is 1. The van der Waals surface area contributed by atoms with E-state index in [0.29, 0.717) is 47.3 Å². The van der Waals surface area contributed by atoms with E-state index in [-0.39, 0.29) is 24.5 Å². The van der Waals surface area contributed by atoms with Crippen molar-refractivity contribution in [3.8, 4) is 11.5 Å². The molecule has 2 amide bonds. The molecule has 180 valence electrons. The molecule has 1 fully saturated rings. The Hall–Kier alpha value is -3.58. The van der Waals surface area contributed by atoms with Crippen LogP contribution in [0.1, 0.15) is 56.4 Å². The number of halogens is 1. The van der Waals surface area contributed by atoms with Gasteiger partial charge in [-0.05, 0) is 67.8 Å². The van der Waals surface area contributed by atoms with Crippen LogP contribution in [0, 0.1) is 6.92 Å². The molecule has 1 aromatic heterocycles. The topological polar surface area (TPSA) is 80.8 Å². The minimum Gasteiger partial charge on any atom is -0.454 e. The number of likely N-dealkylation sites (tertiary alicyclic amines) is 1. The molecule has 0 unspecified atom stereocenters. The van der Waals surface area contributed by atoms with Crippen molar-refractivity contribution in [1.29, 1.82) is 0 Å². The van der Waals surface area contributed by atoms with Gasteiger partial charge in [-0.25, -0.2) is 0 Å². The number of benzene rings is 2. The number of nitrogens with zero attached hydrogens (tertiary/aromatic N) is 2. The molecule has 2 aliphatic heterocycles. The number of ether oxygens (including phenoxy) is 2. The lowest BCUT2D eigenvalue weighted by Gasteiger charge is -2.32. The molecule has 0 saturated carbocycles. The molecule has 0 bridgehead atoms. The number of amides is 2. The Kier molecular flexibility index (Phi) is 6.59. The summed E-state index contributed by atoms with van der Waals surface area (Å²) >= 11 is 6.05. The molecule has 1 N–H and O–H groups in total. The summed E-state index contributed by atoms with van der Waals surface area (Å²) in [7, 11) is 0. The lowest BCUT2D eigenvalue weighted by Crippen LogP contribution is -2.38. The van der Waals surface area contributed by atoms with Crippen molar-refractivity contribution in [2.75, 3.05) is 19.9 Å². The first-order valence-electron chi connectivity index (χ1n) is 11.7. The van der Waals surface area contributed by atoms with Crippen molar-refractivity contribution in [1.82, 2.24) is 15.2 Å². The molecule has 0 atom stereocenters. The molecule has 7 nitrogen and oxygen atoms in total. The van der Waals surface area contributed by atoms with Crippen molar-refractivity contribution in [3.63, 3.8) is 0 Å². The van der Waals surface area contributed by atoms with Crippen LogP contribution in [0.5, 0.6) is 11.5 Å². The van der Waals surface area contributed by atoms with Crippen LogP contribution in [-0.4, -0.2) is 41.6 Å². The lowest BCUT2D eigenvalue weighted by molar-refractivity contribution is 0.0710. The van der Waals surface area contributed by atoms with E-state index in [1.165, 1.54) is 0 Å². The van der Waals surface area contributed by atoms with Crippen LogP contribution in [-0.2, 0) is 6.54 Å². The van der Waals surface area contributed by atoms with Crippen LogP contribution in [0.25, 0.3) is 0 Å². The van der Waals surface area contributed by atoms with Crippen molar-refractivity contribution in [3.05, 3.63) is 87.7 Å². The van der Waals surface area contributed by atoms with Crippen LogP contribution in [0.4, 0.5) is 0 Å². The van der Waals surface area contributed by atoms with Crippen molar-refractivity contribution < 1.29 is 19.1 Å². The van der Waals surface area contributed by atoms with E-state index < -0.39 is 0 Å². The Labute approximate surface area is 209 Å². The summed E-state index contributed by atoms with van der Waals surface area (Å²) in [5.74, 6) is 1.32. The van der Waals surface area contributed by atoms with Crippen LogP contribution in [0.2, 0.25) is 5.02 Å². The molecular formula is C27H26ClN3O4. The van der Waals surface area contributed by atoms with E-state index in [4.69, 9.17) is 26.1 Å². The molecule has 3 heterocycles. The van der Waals surface area contributed by atoms with Crippen molar-refractivity contribution >= 4 is 23.4 Å². The van der Waals surface area contributed by atoms with Gasteiger partial charge in [0.25, 0.3) is 11.8 Å². The number of carbonyl (C=O) groups excluding carboxylic acids is 2. The van der Waals surface area contributed by atoms with E-state index in [9.17, 15) is 9.59 Å². The fourth-order valence-electron chi connectivity index (χ4n) is 4.57. The van der Waals surface area contributed by atoms with Gasteiger partial charge in [0.1, 0.15) is 0 Å². The maximum atomic E-state index is 13.1. The number of pyridine rings is 1. The highest BCUT2D eigenvalue weighted by Crippen LogP contribution is 2.33. The third-order valence-corrected chi connectivity index (χ3v) is 6.67. The number of rotatable bonds is 5. The monoisotopic (exact) mass is 491 g/mol. The van der Waals surface area contributed by atoms with Crippen LogP contribution >= 0.6 is 11.6 Å². The van der Waals surface area contributed by atoms with Gasteiger partial charge in [-0.3, -0.25) is 14.6 Å². The zero-order valence-electron chi connectivity index (χ0n) is 19.4. The lowest BCUT2D eigenvalue weighted by atomic mass is 9.89. The van der Waals surface area contributed by atoms with Crippen LogP contribution in [0.3, 0.4) is 0 Å². The fraction of sp³-hybridized carbons (Fsp3) is 0.296. The van der Waals surface area contributed by atoms with Crippen molar-refractivity contribution in [2.24, 2.45) is 0 Å². The van der Waals surface area contributed by atoms with Gasteiger partial charge in [-0.1, -0.05) is 23.7 Å². The van der Waals surface area contributed by atoms with Gasteiger partial charge in [0, 0.05) is 41.8 Å². The number of hydrogen-bond donors (Lipinski definition) is 1. The molecule has 2 aromatic carbocycles. The predicted octanol–water partition coefficient (Wildman–Crippen LogP) is 4.72. The molecule has 0 radical (unpaired) electrons. The number of aromatic nitrogens is 1. The number of piperidine rings is 1. The summed E-state index contributed by atoms with van der Waals surface area (Å²) in [6.07, 6.45) is 1.48. The summed E-state index contributed by atoms with van der Waals surface area (Å²) in [4.78, 5) is 32.6. The molecule has 5 rings (SSSR count). The van der Waals surface area contributed by atoms with E-state index in [1.807, 2.05) is 42.2 Å². The predicted molar refractivity (Wildman–Crippen MR) is 132 cm³/mol. The normalized spacial score (nSPS) is 15.2. The zero-order chi connectivity index (χ0) is 24.4. The number of nitrogens with one attached hydrogen (secondary N) is 1. The Morgan fingerprint density at radius 3 is 2.66 bits per heavy atom. The van der Waals surface area contributed by atoms with Gasteiger partial charge in [0.05, 0.1) is 11.3 Å². The number of fused-ring (bicyclic) bond motifs is 1. The van der Waals surface area contributed by atoms with Gasteiger partial charge < -0.3 is 19.7 Å². The van der Waals surface area contributed by atoms with E-state index in [2.05, 4.69) is 5.32 Å². The number of hydrogen-bond acceptors (Lipinski definition) is 5. The average Bonchev–Trinajstić information content (AvgIpc) is 3.35. The van der Waals surface area contributed by atoms with Crippen LogP contribution in [0.15, 0.2) is 54.6 Å². The zero-order valence-corrected chi connectivity index (χ0v) is 20.2. The minimum atomic E-state index is -0.164. The molecule has 0 spiro atoms. The highest BCUT2D eigenvalue weighted by molar-refractivity contribution is 6.30. The average molecular weight is 492 g/mol. The van der Waals surface area contributed by atoms with Crippen LogP contribution < -0.4 is 14.8 Å². The number of carbonyl (C=O) groups is 2. The summed E-state index contributed by atoms with van der Waals surface area (Å²) < 4.78 is 10.8. The summed E-state index contributed by atoms with van der Waals surface area (Å²) in [5, 5.41) is 3.55. The molecule has 2 aliphatic rings. The maximum absolute atomic E-state index is 13.1. The summed E-state index contributed by atoms with van der Waals surface area (Å²) in [6, 6.07) is 16.4. The second-order valence-electron chi connectivity index (χ2n) is 8.83. The summed E-state index contributed by atoms with van der Waals surface area (Å²) in [5.41, 5.74) is 3.76. The second kappa shape index (κ2) is 9.96. The molecule has 1 saturated heterocycles. The third-order valence-electron chi connectivity index (χ3n) is 6.44. The highest BCUT2D eigenvalue weighted by atomic mass is 35.5.